The van der Waals surface area contributed by atoms with E-state index in [4.69, 9.17) is 12.2 Å². The van der Waals surface area contributed by atoms with Gasteiger partial charge in [0.2, 0.25) is 0 Å². The summed E-state index contributed by atoms with van der Waals surface area (Å²) in [4.78, 5) is 0. The van der Waals surface area contributed by atoms with E-state index in [-0.39, 0.29) is 17.5 Å². The van der Waals surface area contributed by atoms with E-state index >= 15 is 0 Å². The van der Waals surface area contributed by atoms with Crippen molar-refractivity contribution in [2.75, 3.05) is 11.5 Å². The van der Waals surface area contributed by atoms with Gasteiger partial charge in [0, 0.05) is 12.1 Å². The van der Waals surface area contributed by atoms with Crippen molar-refractivity contribution in [3.63, 3.8) is 0 Å². The van der Waals surface area contributed by atoms with Crippen molar-refractivity contribution in [3.05, 3.63) is 0 Å². The van der Waals surface area contributed by atoms with Gasteiger partial charge < -0.3 is 10.6 Å². The van der Waals surface area contributed by atoms with Crippen molar-refractivity contribution in [1.29, 1.82) is 0 Å². The molecule has 0 radical (unpaired) electrons. The summed E-state index contributed by atoms with van der Waals surface area (Å²) in [6.45, 7) is 0. The molecule has 0 spiro atoms. The Bertz CT molecular complexity index is 375. The Hall–Kier alpha value is -0.360. The fourth-order valence-corrected chi connectivity index (χ4v) is 4.57. The molecule has 1 saturated carbocycles. The van der Waals surface area contributed by atoms with Crippen molar-refractivity contribution in [3.8, 4) is 0 Å². The van der Waals surface area contributed by atoms with E-state index in [0.717, 1.165) is 0 Å². The van der Waals surface area contributed by atoms with Crippen LogP contribution in [0.25, 0.3) is 0 Å². The summed E-state index contributed by atoms with van der Waals surface area (Å²) in [7, 11) is -2.82. The first-order chi connectivity index (χ1) is 8.05. The second-order valence-corrected chi connectivity index (χ2v) is 7.69. The fraction of sp³-hybridized carbons (Fsp3) is 0.909. The molecule has 17 heavy (non-hydrogen) atoms. The highest BCUT2D eigenvalue weighted by atomic mass is 32.2. The van der Waals surface area contributed by atoms with Crippen molar-refractivity contribution < 1.29 is 8.42 Å². The van der Waals surface area contributed by atoms with Crippen LogP contribution < -0.4 is 10.6 Å². The van der Waals surface area contributed by atoms with Crippen molar-refractivity contribution in [2.24, 2.45) is 0 Å². The summed E-state index contributed by atoms with van der Waals surface area (Å²) in [5, 5.41) is 7.05. The Balaban J connectivity index is 1.74. The van der Waals surface area contributed by atoms with Crippen LogP contribution in [0.1, 0.15) is 38.5 Å². The third kappa shape index (κ3) is 4.10. The molecular formula is C11H20N2O2S2. The van der Waals surface area contributed by atoms with Gasteiger partial charge in [0.15, 0.2) is 14.9 Å². The largest absolute Gasteiger partial charge is 0.360 e. The van der Waals surface area contributed by atoms with E-state index in [2.05, 4.69) is 10.6 Å². The van der Waals surface area contributed by atoms with Gasteiger partial charge in [0.05, 0.1) is 11.5 Å². The third-order valence-corrected chi connectivity index (χ3v) is 5.51. The zero-order chi connectivity index (χ0) is 12.3. The van der Waals surface area contributed by atoms with Gasteiger partial charge in [-0.1, -0.05) is 19.3 Å². The molecule has 1 unspecified atom stereocenters. The van der Waals surface area contributed by atoms with Gasteiger partial charge in [-0.05, 0) is 31.5 Å². The predicted octanol–water partition coefficient (Wildman–Crippen LogP) is 0.970. The Labute approximate surface area is 108 Å². The Kier molecular flexibility index (Phi) is 4.25. The van der Waals surface area contributed by atoms with Gasteiger partial charge in [-0.25, -0.2) is 8.42 Å². The van der Waals surface area contributed by atoms with Crippen LogP contribution >= 0.6 is 12.2 Å². The summed E-state index contributed by atoms with van der Waals surface area (Å²) < 4.78 is 22.6. The maximum Gasteiger partial charge on any atom is 0.166 e. The molecule has 1 aliphatic heterocycles. The molecule has 1 heterocycles. The average molecular weight is 276 g/mol. The number of hydrogen-bond donors (Lipinski definition) is 2. The van der Waals surface area contributed by atoms with Crippen molar-refractivity contribution in [2.45, 2.75) is 50.6 Å². The minimum atomic E-state index is -2.82. The molecule has 1 atom stereocenters. The molecule has 2 fully saturated rings. The number of sulfone groups is 1. The summed E-state index contributed by atoms with van der Waals surface area (Å²) in [6.07, 6.45) is 6.86. The Morgan fingerprint density at radius 3 is 2.24 bits per heavy atom. The zero-order valence-corrected chi connectivity index (χ0v) is 11.6. The van der Waals surface area contributed by atoms with Gasteiger partial charge in [0.25, 0.3) is 0 Å². The molecule has 6 heteroatoms. The van der Waals surface area contributed by atoms with Crippen LogP contribution in [0.5, 0.6) is 0 Å². The van der Waals surface area contributed by atoms with E-state index in [0.29, 0.717) is 17.6 Å². The van der Waals surface area contributed by atoms with Crippen LogP contribution in [0.2, 0.25) is 0 Å². The zero-order valence-electron chi connectivity index (χ0n) is 9.94. The highest BCUT2D eigenvalue weighted by Gasteiger charge is 2.28. The molecule has 0 amide bonds. The van der Waals surface area contributed by atoms with Crippen LogP contribution in [0.4, 0.5) is 0 Å². The summed E-state index contributed by atoms with van der Waals surface area (Å²) in [6, 6.07) is 0.477. The maximum atomic E-state index is 11.3. The minimum absolute atomic E-state index is 0.00332. The first-order valence-corrected chi connectivity index (χ1v) is 8.55. The van der Waals surface area contributed by atoms with Gasteiger partial charge >= 0.3 is 0 Å². The van der Waals surface area contributed by atoms with Crippen LogP contribution in [-0.2, 0) is 9.84 Å². The fourth-order valence-electron chi connectivity index (χ4n) is 2.57. The monoisotopic (exact) mass is 276 g/mol. The third-order valence-electron chi connectivity index (χ3n) is 3.51. The van der Waals surface area contributed by atoms with E-state index in [1.54, 1.807) is 0 Å². The Morgan fingerprint density at radius 1 is 1.00 bits per heavy atom. The second-order valence-electron chi connectivity index (χ2n) is 5.05. The molecule has 2 rings (SSSR count). The molecule has 0 bridgehead atoms. The number of nitrogens with one attached hydrogen (secondary N) is 2. The molecule has 98 valence electrons. The van der Waals surface area contributed by atoms with Crippen LogP contribution in [0, 0.1) is 0 Å². The maximum absolute atomic E-state index is 11.3. The average Bonchev–Trinajstić information content (AvgIpc) is 2.59. The summed E-state index contributed by atoms with van der Waals surface area (Å²) in [5.74, 6) is 0.510. The van der Waals surface area contributed by atoms with Crippen molar-refractivity contribution >= 4 is 27.2 Å². The first kappa shape index (κ1) is 13.1. The lowest BCUT2D eigenvalue weighted by Gasteiger charge is -2.25. The molecule has 0 aromatic rings. The number of thiocarbonyl (C=S) groups is 1. The smallest absolute Gasteiger partial charge is 0.166 e. The molecule has 1 saturated heterocycles. The minimum Gasteiger partial charge on any atom is -0.360 e. The molecule has 0 aromatic heterocycles. The van der Waals surface area contributed by atoms with Gasteiger partial charge in [-0.3, -0.25) is 0 Å². The van der Waals surface area contributed by atoms with Crippen molar-refractivity contribution in [1.82, 2.24) is 10.6 Å². The van der Waals surface area contributed by atoms with Gasteiger partial charge in [-0.2, -0.15) is 0 Å². The lowest BCUT2D eigenvalue weighted by molar-refractivity contribution is 0.410. The molecular weight excluding hydrogens is 256 g/mol. The normalized spacial score (nSPS) is 28.8. The highest BCUT2D eigenvalue weighted by molar-refractivity contribution is 7.91. The molecule has 1 aliphatic carbocycles. The second kappa shape index (κ2) is 5.52. The van der Waals surface area contributed by atoms with Crippen LogP contribution in [-0.4, -0.2) is 37.1 Å². The topological polar surface area (TPSA) is 58.2 Å². The lowest BCUT2D eigenvalue weighted by Crippen LogP contribution is -2.47. The Morgan fingerprint density at radius 2 is 1.65 bits per heavy atom. The van der Waals surface area contributed by atoms with E-state index in [1.165, 1.54) is 32.1 Å². The van der Waals surface area contributed by atoms with E-state index < -0.39 is 9.84 Å². The number of rotatable bonds is 2. The summed E-state index contributed by atoms with van der Waals surface area (Å²) in [5.41, 5.74) is 0. The molecule has 4 nitrogen and oxygen atoms in total. The highest BCUT2D eigenvalue weighted by Crippen LogP contribution is 2.17. The number of hydrogen-bond acceptors (Lipinski definition) is 3. The van der Waals surface area contributed by atoms with E-state index in [9.17, 15) is 8.42 Å². The van der Waals surface area contributed by atoms with Gasteiger partial charge in [0.1, 0.15) is 0 Å². The molecule has 0 aromatic carbocycles. The predicted molar refractivity (Wildman–Crippen MR) is 72.8 cm³/mol. The van der Waals surface area contributed by atoms with Gasteiger partial charge in [-0.15, -0.1) is 0 Å². The van der Waals surface area contributed by atoms with Crippen LogP contribution in [0.3, 0.4) is 0 Å². The molecule has 2 aliphatic rings. The lowest BCUT2D eigenvalue weighted by atomic mass is 9.96. The van der Waals surface area contributed by atoms with Crippen LogP contribution in [0.15, 0.2) is 0 Å². The standard InChI is InChI=1S/C11H20N2O2S2/c14-17(15)7-6-10(8-17)13-11(16)12-9-4-2-1-3-5-9/h9-10H,1-8H2,(H2,12,13,16). The SMILES string of the molecule is O=S1(=O)CCC(NC(=S)NC2CCCCC2)C1. The first-order valence-electron chi connectivity index (χ1n) is 6.33. The quantitative estimate of drug-likeness (QED) is 0.736. The molecule has 2 N–H and O–H groups in total. The van der Waals surface area contributed by atoms with E-state index in [1.807, 2.05) is 0 Å². The summed E-state index contributed by atoms with van der Waals surface area (Å²) >= 11 is 5.23.